The van der Waals surface area contributed by atoms with Gasteiger partial charge in [-0.1, -0.05) is 48.5 Å². The Bertz CT molecular complexity index is 1050. The van der Waals surface area contributed by atoms with Crippen molar-refractivity contribution in [3.8, 4) is 5.75 Å². The van der Waals surface area contributed by atoms with Crippen LogP contribution < -0.4 is 9.04 Å². The number of rotatable bonds is 11. The van der Waals surface area contributed by atoms with E-state index in [9.17, 15) is 13.2 Å². The number of carboxylic acids is 1. The van der Waals surface area contributed by atoms with E-state index in [4.69, 9.17) is 9.84 Å². The molecule has 0 aromatic heterocycles. The van der Waals surface area contributed by atoms with Gasteiger partial charge in [-0.05, 0) is 61.2 Å². The van der Waals surface area contributed by atoms with Gasteiger partial charge in [-0.3, -0.25) is 0 Å². The Hall–Kier alpha value is -3.32. The van der Waals surface area contributed by atoms with E-state index in [-0.39, 0.29) is 5.75 Å². The highest BCUT2D eigenvalue weighted by molar-refractivity contribution is 7.93. The number of carbonyl (C=O) groups is 1. The van der Waals surface area contributed by atoms with Crippen molar-refractivity contribution in [3.63, 3.8) is 0 Å². The third-order valence-corrected chi connectivity index (χ3v) is 6.42. The Balaban J connectivity index is 1.63. The lowest BCUT2D eigenvalue weighted by Crippen LogP contribution is -2.28. The zero-order chi connectivity index (χ0) is 22.1. The van der Waals surface area contributed by atoms with E-state index in [0.29, 0.717) is 36.4 Å². The van der Waals surface area contributed by atoms with Crippen molar-refractivity contribution in [3.05, 3.63) is 90.5 Å². The molecule has 0 saturated carbocycles. The molecule has 0 spiro atoms. The fourth-order valence-corrected chi connectivity index (χ4v) is 4.88. The second-order valence-corrected chi connectivity index (χ2v) is 8.98. The summed E-state index contributed by atoms with van der Waals surface area (Å²) < 4.78 is 33.0. The number of sulfonamides is 1. The number of anilines is 2. The lowest BCUT2D eigenvalue weighted by atomic mass is 10.1. The molecule has 0 aliphatic heterocycles. The average molecular weight is 440 g/mol. The fraction of sp³-hybridized carbons (Fsp3) is 0.208. The second kappa shape index (κ2) is 10.6. The number of unbranched alkanes of at least 4 members (excludes halogenated alkanes) is 1. The van der Waals surface area contributed by atoms with Crippen LogP contribution in [-0.2, 0) is 21.2 Å². The third-order valence-electron chi connectivity index (χ3n) is 4.64. The number of carboxylic acid groups (broad SMARTS) is 1. The van der Waals surface area contributed by atoms with E-state index in [2.05, 4.69) is 0 Å². The van der Waals surface area contributed by atoms with Gasteiger partial charge in [-0.2, -0.15) is 0 Å². The van der Waals surface area contributed by atoms with Gasteiger partial charge in [0.25, 0.3) is 0 Å². The van der Waals surface area contributed by atoms with Crippen LogP contribution in [0.4, 0.5) is 11.4 Å². The topological polar surface area (TPSA) is 83.9 Å². The summed E-state index contributed by atoms with van der Waals surface area (Å²) in [4.78, 5) is 10.6. The maximum atomic E-state index is 13.2. The summed E-state index contributed by atoms with van der Waals surface area (Å²) in [5.74, 6) is -0.518. The Morgan fingerprint density at radius 2 is 1.45 bits per heavy atom. The molecule has 0 radical (unpaired) electrons. The van der Waals surface area contributed by atoms with Crippen molar-refractivity contribution in [1.29, 1.82) is 0 Å². The standard InChI is InChI=1S/C24H25NO5S/c26-24(27)19-30-23-16-9-11-20(18-23)10-7-8-17-31(28,29)25(21-12-3-1-4-13-21)22-14-5-2-6-15-22/h1-6,9,11-16,18H,7-8,10,17,19H2,(H,26,27). The number of benzene rings is 3. The van der Waals surface area contributed by atoms with E-state index >= 15 is 0 Å². The lowest BCUT2D eigenvalue weighted by Gasteiger charge is -2.24. The number of aryl methyl sites for hydroxylation is 1. The number of ether oxygens (including phenoxy) is 1. The van der Waals surface area contributed by atoms with Crippen molar-refractivity contribution in [2.75, 3.05) is 16.7 Å². The molecule has 0 fully saturated rings. The smallest absolute Gasteiger partial charge is 0.341 e. The van der Waals surface area contributed by atoms with Crippen molar-refractivity contribution in [2.45, 2.75) is 19.3 Å². The molecule has 3 aromatic rings. The third kappa shape index (κ3) is 6.58. The number of hydrogen-bond donors (Lipinski definition) is 1. The Labute approximate surface area is 182 Å². The molecule has 0 saturated heterocycles. The van der Waals surface area contributed by atoms with Gasteiger partial charge in [0.05, 0.1) is 17.1 Å². The Morgan fingerprint density at radius 1 is 0.839 bits per heavy atom. The summed E-state index contributed by atoms with van der Waals surface area (Å²) >= 11 is 0. The van der Waals surface area contributed by atoms with Crippen LogP contribution in [0.3, 0.4) is 0 Å². The summed E-state index contributed by atoms with van der Waals surface area (Å²) in [6, 6.07) is 25.3. The summed E-state index contributed by atoms with van der Waals surface area (Å²) in [5, 5.41) is 8.72. The van der Waals surface area contributed by atoms with Crippen LogP contribution in [0.5, 0.6) is 5.75 Å². The van der Waals surface area contributed by atoms with Crippen molar-refractivity contribution in [1.82, 2.24) is 0 Å². The van der Waals surface area contributed by atoms with Gasteiger partial charge in [0.1, 0.15) is 5.75 Å². The van der Waals surface area contributed by atoms with Crippen LogP contribution in [0.25, 0.3) is 0 Å². The van der Waals surface area contributed by atoms with Crippen LogP contribution in [0.2, 0.25) is 0 Å². The van der Waals surface area contributed by atoms with Crippen molar-refractivity contribution in [2.24, 2.45) is 0 Å². The molecule has 0 atom stereocenters. The predicted molar refractivity (Wildman–Crippen MR) is 121 cm³/mol. The van der Waals surface area contributed by atoms with Crippen molar-refractivity contribution >= 4 is 27.4 Å². The van der Waals surface area contributed by atoms with Crippen LogP contribution in [0.15, 0.2) is 84.9 Å². The molecule has 0 unspecified atom stereocenters. The first-order valence-corrected chi connectivity index (χ1v) is 11.6. The largest absolute Gasteiger partial charge is 0.482 e. The molecule has 0 aliphatic carbocycles. The minimum atomic E-state index is -3.57. The zero-order valence-corrected chi connectivity index (χ0v) is 17.9. The van der Waals surface area contributed by atoms with E-state index < -0.39 is 22.6 Å². The quantitative estimate of drug-likeness (QED) is 0.440. The Morgan fingerprint density at radius 3 is 2.03 bits per heavy atom. The lowest BCUT2D eigenvalue weighted by molar-refractivity contribution is -0.139. The maximum Gasteiger partial charge on any atom is 0.341 e. The monoisotopic (exact) mass is 439 g/mol. The number of hydrogen-bond acceptors (Lipinski definition) is 4. The Kier molecular flexibility index (Phi) is 7.67. The fourth-order valence-electron chi connectivity index (χ4n) is 3.24. The zero-order valence-electron chi connectivity index (χ0n) is 17.1. The average Bonchev–Trinajstić information content (AvgIpc) is 2.77. The molecule has 0 aliphatic rings. The van der Waals surface area contributed by atoms with Gasteiger partial charge in [-0.15, -0.1) is 0 Å². The van der Waals surface area contributed by atoms with Gasteiger partial charge in [0.15, 0.2) is 6.61 Å². The maximum absolute atomic E-state index is 13.2. The van der Waals surface area contributed by atoms with Gasteiger partial charge >= 0.3 is 5.97 Å². The molecule has 6 nitrogen and oxygen atoms in total. The molecule has 31 heavy (non-hydrogen) atoms. The highest BCUT2D eigenvalue weighted by Crippen LogP contribution is 2.29. The molecular formula is C24H25NO5S. The molecule has 7 heteroatoms. The molecule has 1 N–H and O–H groups in total. The van der Waals surface area contributed by atoms with Crippen molar-refractivity contribution < 1.29 is 23.1 Å². The molecule has 0 bridgehead atoms. The minimum absolute atomic E-state index is 0.0198. The molecule has 3 aromatic carbocycles. The molecule has 0 amide bonds. The number of aliphatic carboxylic acids is 1. The first-order valence-electron chi connectivity index (χ1n) is 10.0. The summed E-state index contributed by atoms with van der Waals surface area (Å²) in [5.41, 5.74) is 2.19. The SMILES string of the molecule is O=C(O)COc1cccc(CCCCS(=O)(=O)N(c2ccccc2)c2ccccc2)c1. The van der Waals surface area contributed by atoms with E-state index in [1.54, 1.807) is 42.5 Å². The number of para-hydroxylation sites is 2. The first kappa shape index (κ1) is 22.4. The molecular weight excluding hydrogens is 414 g/mol. The minimum Gasteiger partial charge on any atom is -0.482 e. The molecule has 3 rings (SSSR count). The summed E-state index contributed by atoms with van der Waals surface area (Å²) in [6.45, 7) is -0.392. The van der Waals surface area contributed by atoms with Crippen LogP contribution in [0, 0.1) is 0 Å². The van der Waals surface area contributed by atoms with E-state index in [1.807, 2.05) is 42.5 Å². The predicted octanol–water partition coefficient (Wildman–Crippen LogP) is 4.64. The second-order valence-electron chi connectivity index (χ2n) is 7.04. The normalized spacial score (nSPS) is 11.1. The first-order chi connectivity index (χ1) is 15.0. The van der Waals surface area contributed by atoms with Crippen LogP contribution in [0.1, 0.15) is 18.4 Å². The summed E-state index contributed by atoms with van der Waals surface area (Å²) in [6.07, 6.45) is 1.86. The van der Waals surface area contributed by atoms with Crippen LogP contribution >= 0.6 is 0 Å². The highest BCUT2D eigenvalue weighted by atomic mass is 32.2. The van der Waals surface area contributed by atoms with Gasteiger partial charge in [-0.25, -0.2) is 17.5 Å². The summed E-state index contributed by atoms with van der Waals surface area (Å²) in [7, 11) is -3.57. The van der Waals surface area contributed by atoms with Gasteiger partial charge in [0.2, 0.25) is 10.0 Å². The molecule has 0 heterocycles. The van der Waals surface area contributed by atoms with Gasteiger partial charge < -0.3 is 9.84 Å². The van der Waals surface area contributed by atoms with E-state index in [1.165, 1.54) is 4.31 Å². The van der Waals surface area contributed by atoms with Gasteiger partial charge in [0, 0.05) is 0 Å². The number of nitrogens with zero attached hydrogens (tertiary/aromatic N) is 1. The molecule has 162 valence electrons. The van der Waals surface area contributed by atoms with Crippen LogP contribution in [-0.4, -0.2) is 31.9 Å². The van der Waals surface area contributed by atoms with E-state index in [0.717, 1.165) is 5.56 Å². The highest BCUT2D eigenvalue weighted by Gasteiger charge is 2.23.